The van der Waals surface area contributed by atoms with Crippen LogP contribution in [0.2, 0.25) is 0 Å². The minimum absolute atomic E-state index is 0.449. The van der Waals surface area contributed by atoms with Gasteiger partial charge in [-0.1, -0.05) is 6.92 Å². The lowest BCUT2D eigenvalue weighted by Crippen LogP contribution is -2.10. The zero-order valence-corrected chi connectivity index (χ0v) is 7.94. The first kappa shape index (κ1) is 9.72. The van der Waals surface area contributed by atoms with Crippen molar-refractivity contribution in [1.82, 2.24) is 5.32 Å². The molecule has 1 heterocycles. The predicted octanol–water partition coefficient (Wildman–Crippen LogP) is 1.75. The molecule has 70 valence electrons. The van der Waals surface area contributed by atoms with Crippen LogP contribution < -0.4 is 5.32 Å². The molecule has 0 aromatic heterocycles. The van der Waals surface area contributed by atoms with Crippen molar-refractivity contribution in [2.24, 2.45) is 5.92 Å². The highest BCUT2D eigenvalue weighted by Crippen LogP contribution is 2.15. The third-order valence-electron chi connectivity index (χ3n) is 2.52. The lowest BCUT2D eigenvalue weighted by molar-refractivity contribution is -0.119. The van der Waals surface area contributed by atoms with Gasteiger partial charge in [-0.15, -0.1) is 0 Å². The number of carbonyl (C=O) groups is 1. The van der Waals surface area contributed by atoms with E-state index < -0.39 is 0 Å². The van der Waals surface area contributed by atoms with Crippen LogP contribution in [0.5, 0.6) is 0 Å². The highest BCUT2D eigenvalue weighted by atomic mass is 16.1. The maximum atomic E-state index is 11.2. The lowest BCUT2D eigenvalue weighted by atomic mass is 10.00. The van der Waals surface area contributed by atoms with E-state index in [0.717, 1.165) is 44.7 Å². The van der Waals surface area contributed by atoms with Gasteiger partial charge in [0.2, 0.25) is 0 Å². The second-order valence-corrected chi connectivity index (χ2v) is 3.69. The van der Waals surface area contributed by atoms with Crippen molar-refractivity contribution in [2.75, 3.05) is 13.1 Å². The van der Waals surface area contributed by atoms with Gasteiger partial charge in [0.05, 0.1) is 0 Å². The Hall–Kier alpha value is -0.370. The first-order valence-corrected chi connectivity index (χ1v) is 5.05. The van der Waals surface area contributed by atoms with Crippen LogP contribution in [-0.4, -0.2) is 18.9 Å². The molecule has 12 heavy (non-hydrogen) atoms. The van der Waals surface area contributed by atoms with Crippen molar-refractivity contribution in [2.45, 2.75) is 39.0 Å². The number of hydrogen-bond acceptors (Lipinski definition) is 2. The third-order valence-corrected chi connectivity index (χ3v) is 2.52. The van der Waals surface area contributed by atoms with E-state index in [1.807, 2.05) is 0 Å². The average Bonchev–Trinajstić information content (AvgIpc) is 2.53. The van der Waals surface area contributed by atoms with Gasteiger partial charge in [0.15, 0.2) is 0 Å². The molecule has 0 bridgehead atoms. The molecule has 0 aliphatic carbocycles. The molecule has 1 aliphatic heterocycles. The largest absolute Gasteiger partial charge is 0.316 e. The van der Waals surface area contributed by atoms with Crippen molar-refractivity contribution >= 4 is 5.78 Å². The normalized spacial score (nSPS) is 22.9. The smallest absolute Gasteiger partial charge is 0.132 e. The van der Waals surface area contributed by atoms with Gasteiger partial charge in [-0.3, -0.25) is 4.79 Å². The summed E-state index contributed by atoms with van der Waals surface area (Å²) < 4.78 is 0. The quantitative estimate of drug-likeness (QED) is 0.679. The van der Waals surface area contributed by atoms with Crippen molar-refractivity contribution in [3.63, 3.8) is 0 Å². The Morgan fingerprint density at radius 2 is 2.33 bits per heavy atom. The maximum Gasteiger partial charge on any atom is 0.132 e. The maximum absolute atomic E-state index is 11.2. The molecule has 1 rings (SSSR count). The molecule has 0 saturated carbocycles. The van der Waals surface area contributed by atoms with Gasteiger partial charge in [-0.05, 0) is 38.3 Å². The van der Waals surface area contributed by atoms with Gasteiger partial charge in [0, 0.05) is 12.8 Å². The van der Waals surface area contributed by atoms with Gasteiger partial charge < -0.3 is 5.32 Å². The number of nitrogens with one attached hydrogen (secondary N) is 1. The Balaban J connectivity index is 2.03. The molecule has 0 radical (unpaired) electrons. The molecule has 1 saturated heterocycles. The summed E-state index contributed by atoms with van der Waals surface area (Å²) in [6.45, 7) is 4.33. The summed E-state index contributed by atoms with van der Waals surface area (Å²) in [6.07, 6.45) is 4.95. The molecule has 0 aromatic carbocycles. The van der Waals surface area contributed by atoms with Crippen LogP contribution in [0.1, 0.15) is 39.0 Å². The number of carbonyl (C=O) groups excluding carboxylic acids is 1. The summed E-state index contributed by atoms with van der Waals surface area (Å²) in [5.41, 5.74) is 0. The molecule has 1 aliphatic rings. The minimum atomic E-state index is 0.449. The van der Waals surface area contributed by atoms with Gasteiger partial charge in [-0.2, -0.15) is 0 Å². The van der Waals surface area contributed by atoms with Crippen LogP contribution in [0.15, 0.2) is 0 Å². The first-order valence-electron chi connectivity index (χ1n) is 5.05. The number of ketones is 1. The van der Waals surface area contributed by atoms with Gasteiger partial charge >= 0.3 is 0 Å². The van der Waals surface area contributed by atoms with E-state index in [2.05, 4.69) is 12.2 Å². The molecule has 1 atom stereocenters. The van der Waals surface area contributed by atoms with E-state index in [1.54, 1.807) is 0 Å². The van der Waals surface area contributed by atoms with Crippen LogP contribution in [-0.2, 0) is 4.79 Å². The summed E-state index contributed by atoms with van der Waals surface area (Å²) in [6, 6.07) is 0. The van der Waals surface area contributed by atoms with E-state index in [0.29, 0.717) is 5.78 Å². The Bertz CT molecular complexity index is 139. The predicted molar refractivity (Wildman–Crippen MR) is 50.1 cm³/mol. The Morgan fingerprint density at radius 3 is 2.92 bits per heavy atom. The van der Waals surface area contributed by atoms with E-state index in [4.69, 9.17) is 0 Å². The fourth-order valence-corrected chi connectivity index (χ4v) is 1.73. The molecular weight excluding hydrogens is 150 g/mol. The van der Waals surface area contributed by atoms with Crippen molar-refractivity contribution in [3.8, 4) is 0 Å². The van der Waals surface area contributed by atoms with Crippen molar-refractivity contribution < 1.29 is 4.79 Å². The number of Topliss-reactive ketones (excluding diaryl/α,β-unsaturated/α-hetero) is 1. The first-order chi connectivity index (χ1) is 5.83. The average molecular weight is 169 g/mol. The van der Waals surface area contributed by atoms with E-state index in [1.165, 1.54) is 6.42 Å². The molecule has 1 unspecified atom stereocenters. The molecule has 0 spiro atoms. The fraction of sp³-hybridized carbons (Fsp3) is 0.900. The second-order valence-electron chi connectivity index (χ2n) is 3.69. The zero-order valence-electron chi connectivity index (χ0n) is 7.94. The third kappa shape index (κ3) is 3.35. The van der Waals surface area contributed by atoms with Crippen LogP contribution in [0.4, 0.5) is 0 Å². The van der Waals surface area contributed by atoms with E-state index in [-0.39, 0.29) is 0 Å². The summed E-state index contributed by atoms with van der Waals surface area (Å²) in [5.74, 6) is 1.22. The highest BCUT2D eigenvalue weighted by molar-refractivity contribution is 5.78. The fourth-order valence-electron chi connectivity index (χ4n) is 1.73. The molecule has 1 fully saturated rings. The number of rotatable bonds is 5. The van der Waals surface area contributed by atoms with Crippen molar-refractivity contribution in [1.29, 1.82) is 0 Å². The summed E-state index contributed by atoms with van der Waals surface area (Å²) >= 11 is 0. The van der Waals surface area contributed by atoms with Crippen LogP contribution in [0, 0.1) is 5.92 Å². The Morgan fingerprint density at radius 1 is 1.50 bits per heavy atom. The molecule has 2 heteroatoms. The molecule has 0 aromatic rings. The second kappa shape index (κ2) is 5.31. The molecule has 1 N–H and O–H groups in total. The zero-order chi connectivity index (χ0) is 8.81. The molecule has 0 amide bonds. The van der Waals surface area contributed by atoms with Crippen LogP contribution >= 0.6 is 0 Å². The highest BCUT2D eigenvalue weighted by Gasteiger charge is 2.14. The summed E-state index contributed by atoms with van der Waals surface area (Å²) in [7, 11) is 0. The van der Waals surface area contributed by atoms with Gasteiger partial charge in [0.25, 0.3) is 0 Å². The Kier molecular flexibility index (Phi) is 4.30. The van der Waals surface area contributed by atoms with E-state index >= 15 is 0 Å². The van der Waals surface area contributed by atoms with Crippen molar-refractivity contribution in [3.05, 3.63) is 0 Å². The van der Waals surface area contributed by atoms with Gasteiger partial charge in [0.1, 0.15) is 5.78 Å². The minimum Gasteiger partial charge on any atom is -0.316 e. The van der Waals surface area contributed by atoms with E-state index in [9.17, 15) is 4.79 Å². The van der Waals surface area contributed by atoms with Crippen LogP contribution in [0.3, 0.4) is 0 Å². The number of hydrogen-bond donors (Lipinski definition) is 1. The molecule has 2 nitrogen and oxygen atoms in total. The Labute approximate surface area is 74.7 Å². The van der Waals surface area contributed by atoms with Gasteiger partial charge in [-0.25, -0.2) is 0 Å². The lowest BCUT2D eigenvalue weighted by Gasteiger charge is -2.05. The topological polar surface area (TPSA) is 29.1 Å². The monoisotopic (exact) mass is 169 g/mol. The molecular formula is C10H19NO. The van der Waals surface area contributed by atoms with Crippen LogP contribution in [0.25, 0.3) is 0 Å². The summed E-state index contributed by atoms with van der Waals surface area (Å²) in [4.78, 5) is 11.2. The standard InChI is InChI=1S/C10H19NO/c1-2-3-10(12)5-4-9-6-7-11-8-9/h9,11H,2-8H2,1H3. The summed E-state index contributed by atoms with van der Waals surface area (Å²) in [5, 5.41) is 3.32. The SMILES string of the molecule is CCCC(=O)CCC1CCNC1.